The molecule has 1 saturated heterocycles. The van der Waals surface area contributed by atoms with Gasteiger partial charge in [-0.2, -0.15) is 4.98 Å². The summed E-state index contributed by atoms with van der Waals surface area (Å²) in [4.78, 5) is 18.6. The minimum Gasteiger partial charge on any atom is -0.485 e. The van der Waals surface area contributed by atoms with Crippen LogP contribution in [0, 0.1) is 0 Å². The Bertz CT molecular complexity index is 683. The van der Waals surface area contributed by atoms with Crippen LogP contribution in [0.3, 0.4) is 0 Å². The Morgan fingerprint density at radius 2 is 2.21 bits per heavy atom. The molecular formula is C17H22N4O3. The Kier molecular flexibility index (Phi) is 5.10. The molecule has 1 fully saturated rings. The van der Waals surface area contributed by atoms with Crippen molar-refractivity contribution >= 4 is 5.91 Å². The molecule has 0 aliphatic carbocycles. The molecule has 7 heteroatoms. The van der Waals surface area contributed by atoms with Crippen LogP contribution in [0.4, 0.5) is 0 Å². The van der Waals surface area contributed by atoms with Gasteiger partial charge in [-0.25, -0.2) is 0 Å². The topological polar surface area (TPSA) is 80.5 Å². The maximum Gasteiger partial charge on any atom is 0.253 e. The molecule has 7 nitrogen and oxygen atoms in total. The third-order valence-corrected chi connectivity index (χ3v) is 3.94. The molecule has 1 atom stereocenters. The van der Waals surface area contributed by atoms with Crippen LogP contribution in [0.15, 0.2) is 28.8 Å². The predicted octanol–water partition coefficient (Wildman–Crippen LogP) is 1.64. The number of hydrogen-bond donors (Lipinski definition) is 1. The van der Waals surface area contributed by atoms with Crippen LogP contribution in [0.1, 0.15) is 35.9 Å². The van der Waals surface area contributed by atoms with Crippen molar-refractivity contribution in [2.75, 3.05) is 19.6 Å². The van der Waals surface area contributed by atoms with Crippen LogP contribution in [0.2, 0.25) is 0 Å². The number of carbonyl (C=O) groups is 1. The van der Waals surface area contributed by atoms with E-state index < -0.39 is 0 Å². The van der Waals surface area contributed by atoms with Crippen LogP contribution in [0.25, 0.3) is 0 Å². The number of rotatable bonds is 5. The van der Waals surface area contributed by atoms with E-state index in [0.29, 0.717) is 35.5 Å². The van der Waals surface area contributed by atoms with Crippen molar-refractivity contribution in [2.24, 2.45) is 0 Å². The van der Waals surface area contributed by atoms with Gasteiger partial charge in [0.05, 0.1) is 0 Å². The average molecular weight is 330 g/mol. The molecule has 1 aromatic heterocycles. The van der Waals surface area contributed by atoms with Crippen molar-refractivity contribution in [3.05, 3.63) is 41.5 Å². The molecule has 0 bridgehead atoms. The highest BCUT2D eigenvalue weighted by atomic mass is 16.5. The number of nitrogens with zero attached hydrogens (tertiary/aromatic N) is 3. The summed E-state index contributed by atoms with van der Waals surface area (Å²) >= 11 is 0. The largest absolute Gasteiger partial charge is 0.485 e. The number of amides is 1. The Morgan fingerprint density at radius 1 is 1.42 bits per heavy atom. The lowest BCUT2D eigenvalue weighted by atomic mass is 10.1. The maximum atomic E-state index is 12.5. The fraction of sp³-hybridized carbons (Fsp3) is 0.471. The smallest absolute Gasteiger partial charge is 0.253 e. The van der Waals surface area contributed by atoms with Gasteiger partial charge in [-0.05, 0) is 31.2 Å². The number of carbonyl (C=O) groups excluding carboxylic acids is 1. The molecule has 1 aliphatic heterocycles. The summed E-state index contributed by atoms with van der Waals surface area (Å²) in [7, 11) is 0. The van der Waals surface area contributed by atoms with Gasteiger partial charge in [-0.1, -0.05) is 12.1 Å². The van der Waals surface area contributed by atoms with Gasteiger partial charge in [0.1, 0.15) is 5.75 Å². The molecule has 0 radical (unpaired) electrons. The fourth-order valence-electron chi connectivity index (χ4n) is 2.63. The number of piperazine rings is 1. The lowest BCUT2D eigenvalue weighted by Crippen LogP contribution is -2.51. The van der Waals surface area contributed by atoms with E-state index in [2.05, 4.69) is 22.4 Å². The lowest BCUT2D eigenvalue weighted by Gasteiger charge is -2.32. The molecular weight excluding hydrogens is 308 g/mol. The van der Waals surface area contributed by atoms with Crippen LogP contribution < -0.4 is 10.1 Å². The molecule has 24 heavy (non-hydrogen) atoms. The van der Waals surface area contributed by atoms with E-state index in [1.165, 1.54) is 0 Å². The first-order valence-corrected chi connectivity index (χ1v) is 8.22. The van der Waals surface area contributed by atoms with Gasteiger partial charge in [-0.3, -0.25) is 4.79 Å². The summed E-state index contributed by atoms with van der Waals surface area (Å²) in [5, 5.41) is 7.17. The summed E-state index contributed by atoms with van der Waals surface area (Å²) in [5.41, 5.74) is 0.671. The van der Waals surface area contributed by atoms with Gasteiger partial charge in [0.2, 0.25) is 11.7 Å². The molecule has 3 rings (SSSR count). The fourth-order valence-corrected chi connectivity index (χ4v) is 2.63. The summed E-state index contributed by atoms with van der Waals surface area (Å²) in [6, 6.07) is 7.49. The number of nitrogens with one attached hydrogen (secondary N) is 1. The van der Waals surface area contributed by atoms with Gasteiger partial charge in [-0.15, -0.1) is 0 Å². The zero-order valence-corrected chi connectivity index (χ0v) is 14.0. The third-order valence-electron chi connectivity index (χ3n) is 3.94. The van der Waals surface area contributed by atoms with Gasteiger partial charge in [0.15, 0.2) is 6.61 Å². The maximum absolute atomic E-state index is 12.5. The standard InChI is InChI=1S/C17H22N4O3/c1-3-16-19-15(20-24-16)11-23-14-6-4-13(5-7-14)17(22)21-9-8-18-12(2)10-21/h4-7,12,18H,3,8-11H2,1-2H3. The Balaban J connectivity index is 1.57. The Morgan fingerprint density at radius 3 is 2.88 bits per heavy atom. The second kappa shape index (κ2) is 7.44. The summed E-state index contributed by atoms with van der Waals surface area (Å²) in [5.74, 6) is 1.84. The molecule has 2 heterocycles. The van der Waals surface area contributed by atoms with Crippen LogP contribution in [-0.2, 0) is 13.0 Å². The lowest BCUT2D eigenvalue weighted by molar-refractivity contribution is 0.0709. The van der Waals surface area contributed by atoms with E-state index >= 15 is 0 Å². The molecule has 1 aliphatic rings. The van der Waals surface area contributed by atoms with E-state index in [4.69, 9.17) is 9.26 Å². The van der Waals surface area contributed by atoms with E-state index in [9.17, 15) is 4.79 Å². The summed E-state index contributed by atoms with van der Waals surface area (Å²) in [6.45, 7) is 6.57. The summed E-state index contributed by atoms with van der Waals surface area (Å²) < 4.78 is 10.7. The molecule has 1 unspecified atom stereocenters. The molecule has 128 valence electrons. The average Bonchev–Trinajstić information content (AvgIpc) is 3.08. The minimum absolute atomic E-state index is 0.0562. The van der Waals surface area contributed by atoms with Crippen molar-refractivity contribution < 1.29 is 14.1 Å². The molecule has 0 saturated carbocycles. The number of aryl methyl sites for hydroxylation is 1. The van der Waals surface area contributed by atoms with Crippen LogP contribution in [0.5, 0.6) is 5.75 Å². The van der Waals surface area contributed by atoms with Crippen molar-refractivity contribution in [3.8, 4) is 5.75 Å². The highest BCUT2D eigenvalue weighted by molar-refractivity contribution is 5.94. The van der Waals surface area contributed by atoms with E-state index in [1.807, 2.05) is 11.8 Å². The van der Waals surface area contributed by atoms with Crippen molar-refractivity contribution in [2.45, 2.75) is 32.9 Å². The van der Waals surface area contributed by atoms with Gasteiger partial charge in [0.25, 0.3) is 5.91 Å². The van der Waals surface area contributed by atoms with E-state index in [0.717, 1.165) is 19.6 Å². The predicted molar refractivity (Wildman–Crippen MR) is 87.8 cm³/mol. The van der Waals surface area contributed by atoms with Gasteiger partial charge < -0.3 is 19.5 Å². The zero-order chi connectivity index (χ0) is 16.9. The molecule has 1 aromatic carbocycles. The highest BCUT2D eigenvalue weighted by Crippen LogP contribution is 2.16. The number of ether oxygens (including phenoxy) is 1. The molecule has 1 amide bonds. The number of benzene rings is 1. The Hall–Kier alpha value is -2.41. The molecule has 0 spiro atoms. The third kappa shape index (κ3) is 3.91. The summed E-state index contributed by atoms with van der Waals surface area (Å²) in [6.07, 6.45) is 0.703. The minimum atomic E-state index is 0.0562. The van der Waals surface area contributed by atoms with E-state index in [1.54, 1.807) is 24.3 Å². The van der Waals surface area contributed by atoms with Crippen LogP contribution >= 0.6 is 0 Å². The Labute approximate surface area is 141 Å². The SMILES string of the molecule is CCc1nc(COc2ccc(C(=O)N3CCNC(C)C3)cc2)no1. The first-order chi connectivity index (χ1) is 11.7. The number of hydrogen-bond acceptors (Lipinski definition) is 6. The molecule has 1 N–H and O–H groups in total. The normalized spacial score (nSPS) is 17.8. The second-order valence-corrected chi connectivity index (χ2v) is 5.88. The van der Waals surface area contributed by atoms with Crippen molar-refractivity contribution in [1.82, 2.24) is 20.4 Å². The zero-order valence-electron chi connectivity index (χ0n) is 14.0. The second-order valence-electron chi connectivity index (χ2n) is 5.88. The van der Waals surface area contributed by atoms with E-state index in [-0.39, 0.29) is 12.5 Å². The number of aromatic nitrogens is 2. The van der Waals surface area contributed by atoms with Gasteiger partial charge in [0, 0.05) is 37.7 Å². The van der Waals surface area contributed by atoms with Crippen molar-refractivity contribution in [1.29, 1.82) is 0 Å². The quantitative estimate of drug-likeness (QED) is 0.898. The highest BCUT2D eigenvalue weighted by Gasteiger charge is 2.21. The monoisotopic (exact) mass is 330 g/mol. The first-order valence-electron chi connectivity index (χ1n) is 8.22. The first kappa shape index (κ1) is 16.4. The molecule has 2 aromatic rings. The van der Waals surface area contributed by atoms with Gasteiger partial charge >= 0.3 is 0 Å². The van der Waals surface area contributed by atoms with Crippen molar-refractivity contribution in [3.63, 3.8) is 0 Å². The van der Waals surface area contributed by atoms with Crippen LogP contribution in [-0.4, -0.2) is 46.6 Å².